The minimum atomic E-state index is 0.0872. The Kier molecular flexibility index (Phi) is 3.92. The Hall–Kier alpha value is -1.94. The molecule has 0 amide bonds. The number of fused-ring (bicyclic) bond motifs is 1. The molecule has 0 radical (unpaired) electrons. The van der Waals surface area contributed by atoms with Crippen LogP contribution in [0.1, 0.15) is 36.1 Å². The highest BCUT2D eigenvalue weighted by atomic mass is 16.5. The number of aromatic nitrogens is 2. The van der Waals surface area contributed by atoms with Gasteiger partial charge in [0.25, 0.3) is 0 Å². The molecule has 1 atom stereocenters. The third-order valence-electron chi connectivity index (χ3n) is 3.57. The summed E-state index contributed by atoms with van der Waals surface area (Å²) in [5, 5.41) is 3.57. The lowest BCUT2D eigenvalue weighted by Gasteiger charge is -2.21. The zero-order chi connectivity index (χ0) is 13.8. The first-order valence-corrected chi connectivity index (χ1v) is 7.13. The number of hydrogen-bond acceptors (Lipinski definition) is 4. The molecule has 104 valence electrons. The van der Waals surface area contributed by atoms with Crippen LogP contribution in [0.15, 0.2) is 36.9 Å². The van der Waals surface area contributed by atoms with Crippen molar-refractivity contribution in [3.05, 3.63) is 53.6 Å². The molecule has 0 aliphatic carbocycles. The van der Waals surface area contributed by atoms with Crippen LogP contribution < -0.4 is 10.1 Å². The Morgan fingerprint density at radius 2 is 2.15 bits per heavy atom. The number of nitrogens with zero attached hydrogens (tertiary/aromatic N) is 2. The van der Waals surface area contributed by atoms with Crippen molar-refractivity contribution < 1.29 is 4.74 Å². The van der Waals surface area contributed by atoms with Crippen molar-refractivity contribution >= 4 is 0 Å². The molecule has 0 saturated carbocycles. The molecule has 2 heterocycles. The summed E-state index contributed by atoms with van der Waals surface area (Å²) in [6.07, 6.45) is 7.38. The third kappa shape index (κ3) is 2.51. The highest BCUT2D eigenvalue weighted by Crippen LogP contribution is 2.35. The summed E-state index contributed by atoms with van der Waals surface area (Å²) in [7, 11) is 0. The smallest absolute Gasteiger partial charge is 0.127 e. The molecule has 0 saturated heterocycles. The molecule has 0 spiro atoms. The van der Waals surface area contributed by atoms with Gasteiger partial charge in [-0.1, -0.05) is 25.1 Å². The summed E-state index contributed by atoms with van der Waals surface area (Å²) < 4.78 is 5.83. The van der Waals surface area contributed by atoms with Crippen LogP contribution in [0.3, 0.4) is 0 Å². The van der Waals surface area contributed by atoms with Crippen LogP contribution in [0.2, 0.25) is 0 Å². The zero-order valence-corrected chi connectivity index (χ0v) is 11.7. The van der Waals surface area contributed by atoms with E-state index >= 15 is 0 Å². The standard InChI is InChI=1S/C16H19N3O/c1-2-7-19-15(13-9-17-11-18-10-13)14-5-3-4-12-6-8-20-16(12)14/h3-5,9-11,15,19H,2,6-8H2,1H3. The van der Waals surface area contributed by atoms with E-state index in [0.717, 1.165) is 37.3 Å². The van der Waals surface area contributed by atoms with E-state index in [2.05, 4.69) is 40.4 Å². The van der Waals surface area contributed by atoms with E-state index in [9.17, 15) is 0 Å². The fourth-order valence-electron chi connectivity index (χ4n) is 2.62. The van der Waals surface area contributed by atoms with Crippen LogP contribution in [0.25, 0.3) is 0 Å². The Labute approximate surface area is 119 Å². The van der Waals surface area contributed by atoms with E-state index in [-0.39, 0.29) is 6.04 Å². The van der Waals surface area contributed by atoms with E-state index < -0.39 is 0 Å². The molecule has 1 aromatic heterocycles. The largest absolute Gasteiger partial charge is 0.493 e. The number of hydrogen-bond donors (Lipinski definition) is 1. The van der Waals surface area contributed by atoms with Gasteiger partial charge in [0, 0.05) is 29.9 Å². The van der Waals surface area contributed by atoms with Gasteiger partial charge < -0.3 is 10.1 Å². The lowest BCUT2D eigenvalue weighted by Crippen LogP contribution is -2.24. The zero-order valence-electron chi connectivity index (χ0n) is 11.7. The molecule has 0 bridgehead atoms. The molecule has 0 fully saturated rings. The maximum absolute atomic E-state index is 5.83. The van der Waals surface area contributed by atoms with Gasteiger partial charge in [0.2, 0.25) is 0 Å². The SMILES string of the molecule is CCCNC(c1cncnc1)c1cccc2c1OCC2. The maximum Gasteiger partial charge on any atom is 0.127 e. The molecular weight excluding hydrogens is 250 g/mol. The van der Waals surface area contributed by atoms with Crippen molar-refractivity contribution in [1.82, 2.24) is 15.3 Å². The predicted octanol–water partition coefficient (Wildman–Crippen LogP) is 2.50. The monoisotopic (exact) mass is 269 g/mol. The fourth-order valence-corrected chi connectivity index (χ4v) is 2.62. The van der Waals surface area contributed by atoms with Gasteiger partial charge in [-0.25, -0.2) is 9.97 Å². The molecule has 1 N–H and O–H groups in total. The Balaban J connectivity index is 2.00. The average Bonchev–Trinajstić information content (AvgIpc) is 2.98. The van der Waals surface area contributed by atoms with Gasteiger partial charge in [-0.3, -0.25) is 0 Å². The van der Waals surface area contributed by atoms with Gasteiger partial charge in [-0.05, 0) is 18.5 Å². The first-order chi connectivity index (χ1) is 9.90. The number of ether oxygens (including phenoxy) is 1. The van der Waals surface area contributed by atoms with Crippen LogP contribution in [-0.4, -0.2) is 23.1 Å². The van der Waals surface area contributed by atoms with Gasteiger partial charge >= 0.3 is 0 Å². The first-order valence-electron chi connectivity index (χ1n) is 7.13. The summed E-state index contributed by atoms with van der Waals surface area (Å²) in [5.74, 6) is 1.03. The lowest BCUT2D eigenvalue weighted by molar-refractivity contribution is 0.350. The molecule has 3 rings (SSSR count). The summed E-state index contributed by atoms with van der Waals surface area (Å²) in [6.45, 7) is 3.89. The third-order valence-corrected chi connectivity index (χ3v) is 3.57. The van der Waals surface area contributed by atoms with Gasteiger partial charge in [0.15, 0.2) is 0 Å². The minimum Gasteiger partial charge on any atom is -0.493 e. The molecule has 1 aromatic carbocycles. The number of benzene rings is 1. The first kappa shape index (κ1) is 13.1. The van der Waals surface area contributed by atoms with Crippen molar-refractivity contribution in [3.8, 4) is 5.75 Å². The van der Waals surface area contributed by atoms with Crippen LogP contribution in [0.4, 0.5) is 0 Å². The van der Waals surface area contributed by atoms with E-state index in [4.69, 9.17) is 4.74 Å². The van der Waals surface area contributed by atoms with Crippen LogP contribution in [0.5, 0.6) is 5.75 Å². The normalized spacial score (nSPS) is 14.7. The summed E-state index contributed by atoms with van der Waals surface area (Å²) in [4.78, 5) is 8.28. The van der Waals surface area contributed by atoms with Crippen molar-refractivity contribution in [2.45, 2.75) is 25.8 Å². The summed E-state index contributed by atoms with van der Waals surface area (Å²) >= 11 is 0. The quantitative estimate of drug-likeness (QED) is 0.906. The molecule has 4 nitrogen and oxygen atoms in total. The van der Waals surface area contributed by atoms with E-state index in [1.54, 1.807) is 6.33 Å². The van der Waals surface area contributed by atoms with Crippen molar-refractivity contribution in [2.75, 3.05) is 13.2 Å². The van der Waals surface area contributed by atoms with Crippen LogP contribution in [-0.2, 0) is 6.42 Å². The van der Waals surface area contributed by atoms with E-state index in [1.165, 1.54) is 11.1 Å². The van der Waals surface area contributed by atoms with Gasteiger partial charge in [-0.15, -0.1) is 0 Å². The highest BCUT2D eigenvalue weighted by Gasteiger charge is 2.23. The second-order valence-corrected chi connectivity index (χ2v) is 4.99. The Morgan fingerprint density at radius 3 is 2.95 bits per heavy atom. The number of rotatable bonds is 5. The lowest BCUT2D eigenvalue weighted by atomic mass is 9.97. The predicted molar refractivity (Wildman–Crippen MR) is 77.8 cm³/mol. The molecule has 20 heavy (non-hydrogen) atoms. The molecule has 2 aromatic rings. The fraction of sp³-hybridized carbons (Fsp3) is 0.375. The molecule has 1 aliphatic rings. The van der Waals surface area contributed by atoms with Gasteiger partial charge in [0.1, 0.15) is 12.1 Å². The van der Waals surface area contributed by atoms with Crippen molar-refractivity contribution in [3.63, 3.8) is 0 Å². The molecule has 1 aliphatic heterocycles. The average molecular weight is 269 g/mol. The van der Waals surface area contributed by atoms with Crippen LogP contribution >= 0.6 is 0 Å². The highest BCUT2D eigenvalue weighted by molar-refractivity contribution is 5.48. The van der Waals surface area contributed by atoms with E-state index in [0.29, 0.717) is 0 Å². The topological polar surface area (TPSA) is 47.0 Å². The van der Waals surface area contributed by atoms with Crippen LogP contribution in [0, 0.1) is 0 Å². The molecular formula is C16H19N3O. The van der Waals surface area contributed by atoms with Gasteiger partial charge in [0.05, 0.1) is 12.6 Å². The van der Waals surface area contributed by atoms with Gasteiger partial charge in [-0.2, -0.15) is 0 Å². The molecule has 1 unspecified atom stereocenters. The van der Waals surface area contributed by atoms with E-state index in [1.807, 2.05) is 12.4 Å². The minimum absolute atomic E-state index is 0.0872. The maximum atomic E-state index is 5.83. The summed E-state index contributed by atoms with van der Waals surface area (Å²) in [6, 6.07) is 6.46. The van der Waals surface area contributed by atoms with Crippen molar-refractivity contribution in [1.29, 1.82) is 0 Å². The van der Waals surface area contributed by atoms with Crippen molar-refractivity contribution in [2.24, 2.45) is 0 Å². The second kappa shape index (κ2) is 6.01. The number of nitrogens with one attached hydrogen (secondary N) is 1. The summed E-state index contributed by atoms with van der Waals surface area (Å²) in [5.41, 5.74) is 3.55. The Bertz CT molecular complexity index is 571. The number of para-hydroxylation sites is 1. The Morgan fingerprint density at radius 1 is 1.30 bits per heavy atom. The molecule has 4 heteroatoms. The second-order valence-electron chi connectivity index (χ2n) is 4.99.